The second-order valence-electron chi connectivity index (χ2n) is 3.83. The highest BCUT2D eigenvalue weighted by Crippen LogP contribution is 2.14. The number of pyridine rings is 1. The Morgan fingerprint density at radius 1 is 1.32 bits per heavy atom. The van der Waals surface area contributed by atoms with E-state index in [2.05, 4.69) is 15.5 Å². The summed E-state index contributed by atoms with van der Waals surface area (Å²) in [6, 6.07) is 11.8. The molecule has 1 aromatic carbocycles. The van der Waals surface area contributed by atoms with Crippen LogP contribution in [0.4, 0.5) is 11.5 Å². The zero-order valence-corrected chi connectivity index (χ0v) is 10.3. The molecule has 0 spiro atoms. The van der Waals surface area contributed by atoms with Gasteiger partial charge < -0.3 is 0 Å². The number of hydrogen-bond acceptors (Lipinski definition) is 5. The van der Waals surface area contributed by atoms with E-state index < -0.39 is 4.92 Å². The number of nitrogens with one attached hydrogen (secondary N) is 1. The number of anilines is 1. The van der Waals surface area contributed by atoms with Crippen LogP contribution in [0.2, 0.25) is 0 Å². The fourth-order valence-corrected chi connectivity index (χ4v) is 1.48. The minimum absolute atomic E-state index is 0.0462. The van der Waals surface area contributed by atoms with Crippen LogP contribution >= 0.6 is 0 Å². The van der Waals surface area contributed by atoms with Gasteiger partial charge in [-0.15, -0.1) is 0 Å². The minimum atomic E-state index is -0.428. The molecule has 96 valence electrons. The number of nitro groups is 1. The maximum absolute atomic E-state index is 10.7. The Balaban J connectivity index is 2.17. The van der Waals surface area contributed by atoms with Crippen LogP contribution in [0.3, 0.4) is 0 Å². The van der Waals surface area contributed by atoms with E-state index in [0.717, 1.165) is 0 Å². The molecule has 19 heavy (non-hydrogen) atoms. The van der Waals surface area contributed by atoms with Crippen LogP contribution in [0.25, 0.3) is 0 Å². The summed E-state index contributed by atoms with van der Waals surface area (Å²) in [6.45, 7) is 1.77. The third-order valence-corrected chi connectivity index (χ3v) is 2.48. The van der Waals surface area contributed by atoms with Gasteiger partial charge in [-0.05, 0) is 19.1 Å². The van der Waals surface area contributed by atoms with Gasteiger partial charge in [-0.3, -0.25) is 15.5 Å². The molecule has 0 aliphatic rings. The Labute approximate surface area is 110 Å². The lowest BCUT2D eigenvalue weighted by atomic mass is 10.1. The van der Waals surface area contributed by atoms with Crippen LogP contribution in [-0.2, 0) is 0 Å². The molecule has 0 amide bonds. The molecule has 0 unspecified atom stereocenters. The molecule has 6 heteroatoms. The first kappa shape index (κ1) is 12.7. The molecule has 1 heterocycles. The Kier molecular flexibility index (Phi) is 3.82. The summed E-state index contributed by atoms with van der Waals surface area (Å²) in [5.74, 6) is 0.618. The smallest absolute Gasteiger partial charge is 0.261 e. The highest BCUT2D eigenvalue weighted by molar-refractivity contribution is 5.99. The summed E-state index contributed by atoms with van der Waals surface area (Å²) < 4.78 is 0. The van der Waals surface area contributed by atoms with Crippen LogP contribution in [-0.4, -0.2) is 15.6 Å². The van der Waals surface area contributed by atoms with E-state index in [9.17, 15) is 10.1 Å². The lowest BCUT2D eigenvalue weighted by Crippen LogP contribution is -2.01. The second kappa shape index (κ2) is 5.72. The fourth-order valence-electron chi connectivity index (χ4n) is 1.48. The third-order valence-electron chi connectivity index (χ3n) is 2.48. The number of aromatic nitrogens is 1. The van der Waals surface area contributed by atoms with Gasteiger partial charge in [0.15, 0.2) is 0 Å². The molecular weight excluding hydrogens is 244 g/mol. The molecule has 0 atom stereocenters. The fraction of sp³-hybridized carbons (Fsp3) is 0.0769. The molecule has 0 bridgehead atoms. The number of nitro benzene ring substituents is 1. The summed E-state index contributed by atoms with van der Waals surface area (Å²) in [5, 5.41) is 14.8. The Morgan fingerprint density at radius 2 is 2.16 bits per heavy atom. The Morgan fingerprint density at radius 3 is 2.84 bits per heavy atom. The zero-order chi connectivity index (χ0) is 13.7. The van der Waals surface area contributed by atoms with Crippen molar-refractivity contribution in [2.24, 2.45) is 5.10 Å². The van der Waals surface area contributed by atoms with Crippen molar-refractivity contribution >= 4 is 17.2 Å². The van der Waals surface area contributed by atoms with E-state index in [0.29, 0.717) is 17.1 Å². The molecule has 2 rings (SSSR count). The zero-order valence-electron chi connectivity index (χ0n) is 10.3. The van der Waals surface area contributed by atoms with Gasteiger partial charge in [-0.2, -0.15) is 5.10 Å². The first-order valence-electron chi connectivity index (χ1n) is 5.63. The van der Waals surface area contributed by atoms with Gasteiger partial charge >= 0.3 is 0 Å². The molecule has 1 aromatic heterocycles. The number of benzene rings is 1. The number of rotatable bonds is 4. The molecule has 0 saturated heterocycles. The van der Waals surface area contributed by atoms with Crippen molar-refractivity contribution < 1.29 is 4.92 Å². The van der Waals surface area contributed by atoms with E-state index in [1.807, 2.05) is 12.1 Å². The van der Waals surface area contributed by atoms with Crippen molar-refractivity contribution in [2.75, 3.05) is 5.43 Å². The van der Waals surface area contributed by atoms with Crippen molar-refractivity contribution in [2.45, 2.75) is 6.92 Å². The largest absolute Gasteiger partial charge is 0.270 e. The first-order valence-corrected chi connectivity index (χ1v) is 5.63. The van der Waals surface area contributed by atoms with E-state index in [1.165, 1.54) is 12.1 Å². The van der Waals surface area contributed by atoms with E-state index in [1.54, 1.807) is 31.3 Å². The molecule has 6 nitrogen and oxygen atoms in total. The minimum Gasteiger partial charge on any atom is -0.261 e. The van der Waals surface area contributed by atoms with Crippen molar-refractivity contribution in [3.63, 3.8) is 0 Å². The van der Waals surface area contributed by atoms with Gasteiger partial charge in [-0.25, -0.2) is 4.98 Å². The lowest BCUT2D eigenvalue weighted by molar-refractivity contribution is -0.384. The maximum Gasteiger partial charge on any atom is 0.270 e. The highest BCUT2D eigenvalue weighted by Gasteiger charge is 2.07. The quantitative estimate of drug-likeness (QED) is 0.518. The van der Waals surface area contributed by atoms with E-state index in [4.69, 9.17) is 0 Å². The molecule has 0 radical (unpaired) electrons. The van der Waals surface area contributed by atoms with Gasteiger partial charge in [0, 0.05) is 23.9 Å². The monoisotopic (exact) mass is 256 g/mol. The average molecular weight is 256 g/mol. The number of non-ortho nitro benzene ring substituents is 1. The van der Waals surface area contributed by atoms with Crippen molar-refractivity contribution in [3.05, 3.63) is 64.3 Å². The van der Waals surface area contributed by atoms with E-state index in [-0.39, 0.29) is 5.69 Å². The Hall–Kier alpha value is -2.76. The van der Waals surface area contributed by atoms with Gasteiger partial charge in [0.2, 0.25) is 0 Å². The maximum atomic E-state index is 10.7. The summed E-state index contributed by atoms with van der Waals surface area (Å²) >= 11 is 0. The molecule has 2 aromatic rings. The molecule has 0 aliphatic carbocycles. The van der Waals surface area contributed by atoms with Crippen LogP contribution < -0.4 is 5.43 Å². The SMILES string of the molecule is C/C(=N/Nc1ccccn1)c1cccc([N+](=O)[O-])c1. The molecular formula is C13H12N4O2. The predicted octanol–water partition coefficient (Wildman–Crippen LogP) is 2.83. The van der Waals surface area contributed by atoms with Gasteiger partial charge in [0.25, 0.3) is 5.69 Å². The van der Waals surface area contributed by atoms with Gasteiger partial charge in [0.05, 0.1) is 10.6 Å². The lowest BCUT2D eigenvalue weighted by Gasteiger charge is -2.02. The number of hydrogen-bond donors (Lipinski definition) is 1. The van der Waals surface area contributed by atoms with Crippen LogP contribution in [0, 0.1) is 10.1 Å². The van der Waals surface area contributed by atoms with Crippen molar-refractivity contribution in [1.82, 2.24) is 4.98 Å². The number of nitrogens with zero attached hydrogens (tertiary/aromatic N) is 3. The van der Waals surface area contributed by atoms with Crippen LogP contribution in [0.15, 0.2) is 53.8 Å². The standard InChI is InChI=1S/C13H12N4O2/c1-10(15-16-13-7-2-3-8-14-13)11-5-4-6-12(9-11)17(18)19/h2-9H,1H3,(H,14,16)/b15-10-. The van der Waals surface area contributed by atoms with Crippen LogP contribution in [0.1, 0.15) is 12.5 Å². The summed E-state index contributed by atoms with van der Waals surface area (Å²) in [6.07, 6.45) is 1.65. The molecule has 0 aliphatic heterocycles. The summed E-state index contributed by atoms with van der Waals surface area (Å²) in [5.41, 5.74) is 4.18. The first-order chi connectivity index (χ1) is 9.16. The van der Waals surface area contributed by atoms with Crippen LogP contribution in [0.5, 0.6) is 0 Å². The highest BCUT2D eigenvalue weighted by atomic mass is 16.6. The van der Waals surface area contributed by atoms with Crippen molar-refractivity contribution in [1.29, 1.82) is 0 Å². The third kappa shape index (κ3) is 3.35. The van der Waals surface area contributed by atoms with Crippen molar-refractivity contribution in [3.8, 4) is 0 Å². The molecule has 1 N–H and O–H groups in total. The molecule has 0 saturated carbocycles. The predicted molar refractivity (Wildman–Crippen MR) is 73.2 cm³/mol. The Bertz CT molecular complexity index is 611. The normalized spacial score (nSPS) is 11.1. The topological polar surface area (TPSA) is 80.4 Å². The van der Waals surface area contributed by atoms with Gasteiger partial charge in [0.1, 0.15) is 5.82 Å². The summed E-state index contributed by atoms with van der Waals surface area (Å²) in [7, 11) is 0. The average Bonchev–Trinajstić information content (AvgIpc) is 2.46. The molecule has 0 fully saturated rings. The van der Waals surface area contributed by atoms with Gasteiger partial charge in [-0.1, -0.05) is 18.2 Å². The number of hydrazone groups is 1. The second-order valence-corrected chi connectivity index (χ2v) is 3.83. The summed E-state index contributed by atoms with van der Waals surface area (Å²) in [4.78, 5) is 14.3. The van der Waals surface area contributed by atoms with E-state index >= 15 is 0 Å².